The van der Waals surface area contributed by atoms with Crippen LogP contribution in [0.25, 0.3) is 82.1 Å². The van der Waals surface area contributed by atoms with E-state index in [1.807, 2.05) is 0 Å². The van der Waals surface area contributed by atoms with Crippen LogP contribution < -0.4 is 4.90 Å². The van der Waals surface area contributed by atoms with Crippen LogP contribution in [0.15, 0.2) is 218 Å². The second-order valence-electron chi connectivity index (χ2n) is 14.6. The molecule has 1 aromatic heterocycles. The normalized spacial score (nSPS) is 11.6. The summed E-state index contributed by atoms with van der Waals surface area (Å²) in [4.78, 5) is 2.40. The molecule has 0 spiro atoms. The van der Waals surface area contributed by atoms with Gasteiger partial charge in [-0.15, -0.1) is 0 Å². The first-order chi connectivity index (χ1) is 27.8. The van der Waals surface area contributed by atoms with Crippen LogP contribution in [0.1, 0.15) is 0 Å². The topological polar surface area (TPSA) is 8.17 Å². The summed E-state index contributed by atoms with van der Waals surface area (Å²) in [5, 5.41) is 9.88. The van der Waals surface area contributed by atoms with Gasteiger partial charge in [-0.05, 0) is 110 Å². The zero-order valence-corrected chi connectivity index (χ0v) is 30.7. The van der Waals surface area contributed by atoms with E-state index in [0.717, 1.165) is 28.3 Å². The van der Waals surface area contributed by atoms with Crippen molar-refractivity contribution in [2.24, 2.45) is 0 Å². The maximum Gasteiger partial charge on any atom is 0.0541 e. The predicted octanol–water partition coefficient (Wildman–Crippen LogP) is 15.0. The first kappa shape index (κ1) is 32.0. The van der Waals surface area contributed by atoms with E-state index in [1.54, 1.807) is 0 Å². The molecule has 0 amide bonds. The molecule has 0 saturated heterocycles. The summed E-state index contributed by atoms with van der Waals surface area (Å²) >= 11 is 0. The van der Waals surface area contributed by atoms with Crippen LogP contribution in [-0.2, 0) is 0 Å². The molecule has 0 N–H and O–H groups in total. The molecule has 0 radical (unpaired) electrons. The van der Waals surface area contributed by atoms with Gasteiger partial charge in [0.1, 0.15) is 0 Å². The highest BCUT2D eigenvalue weighted by Gasteiger charge is 2.18. The van der Waals surface area contributed by atoms with Crippen molar-refractivity contribution in [2.75, 3.05) is 4.90 Å². The standard InChI is InChI=1S/C54H36N2/c1-2-16-41-34-45(32-29-37(41)13-1)55(52-26-12-18-40-15-4-6-20-49(40)52)44-30-27-38(28-31-44)42-33-43(48-23-11-17-39-14-3-5-19-47(39)48)36-46(35-42)56-53-24-9-7-21-50(53)51-22-8-10-25-54(51)56/h1-36H. The van der Waals surface area contributed by atoms with Crippen molar-refractivity contribution in [2.45, 2.75) is 0 Å². The van der Waals surface area contributed by atoms with Crippen molar-refractivity contribution >= 4 is 71.2 Å². The lowest BCUT2D eigenvalue weighted by molar-refractivity contribution is 1.18. The van der Waals surface area contributed by atoms with Crippen molar-refractivity contribution in [3.05, 3.63) is 218 Å². The fourth-order valence-corrected chi connectivity index (χ4v) is 8.69. The van der Waals surface area contributed by atoms with E-state index >= 15 is 0 Å². The quantitative estimate of drug-likeness (QED) is 0.167. The van der Waals surface area contributed by atoms with E-state index in [0.29, 0.717) is 0 Å². The summed E-state index contributed by atoms with van der Waals surface area (Å²) in [7, 11) is 0. The van der Waals surface area contributed by atoms with Crippen LogP contribution in [0, 0.1) is 0 Å². The average Bonchev–Trinajstić information content (AvgIpc) is 3.61. The van der Waals surface area contributed by atoms with Crippen molar-refractivity contribution in [1.29, 1.82) is 0 Å². The number of benzene rings is 10. The Balaban J connectivity index is 1.11. The Kier molecular flexibility index (Phi) is 7.53. The van der Waals surface area contributed by atoms with Crippen LogP contribution in [0.3, 0.4) is 0 Å². The van der Waals surface area contributed by atoms with Crippen molar-refractivity contribution < 1.29 is 0 Å². The Hall–Kier alpha value is -7.42. The molecule has 0 atom stereocenters. The van der Waals surface area contributed by atoms with Gasteiger partial charge in [0.25, 0.3) is 0 Å². The molecule has 0 aliphatic rings. The summed E-state index contributed by atoms with van der Waals surface area (Å²) in [6, 6.07) is 79.6. The van der Waals surface area contributed by atoms with Crippen LogP contribution in [0.2, 0.25) is 0 Å². The molecule has 11 aromatic rings. The third kappa shape index (κ3) is 5.34. The number of nitrogens with zero attached hydrogens (tertiary/aromatic N) is 2. The first-order valence-electron chi connectivity index (χ1n) is 19.3. The fourth-order valence-electron chi connectivity index (χ4n) is 8.69. The maximum atomic E-state index is 2.43. The predicted molar refractivity (Wildman–Crippen MR) is 239 cm³/mol. The number of hydrogen-bond acceptors (Lipinski definition) is 1. The van der Waals surface area contributed by atoms with E-state index in [4.69, 9.17) is 0 Å². The molecule has 0 fully saturated rings. The van der Waals surface area contributed by atoms with Gasteiger partial charge in [0.2, 0.25) is 0 Å². The minimum absolute atomic E-state index is 1.10. The monoisotopic (exact) mass is 712 g/mol. The van der Waals surface area contributed by atoms with Gasteiger partial charge < -0.3 is 9.47 Å². The summed E-state index contributed by atoms with van der Waals surface area (Å²) in [5.74, 6) is 0. The van der Waals surface area contributed by atoms with Crippen LogP contribution >= 0.6 is 0 Å². The molecule has 0 aliphatic carbocycles. The molecule has 0 bridgehead atoms. The highest BCUT2D eigenvalue weighted by atomic mass is 15.1. The van der Waals surface area contributed by atoms with E-state index in [-0.39, 0.29) is 0 Å². The Morgan fingerprint density at radius 1 is 0.304 bits per heavy atom. The molecule has 1 heterocycles. The maximum absolute atomic E-state index is 2.43. The molecule has 262 valence electrons. The molecule has 2 nitrogen and oxygen atoms in total. The van der Waals surface area contributed by atoms with Gasteiger partial charge in [0, 0.05) is 33.2 Å². The van der Waals surface area contributed by atoms with E-state index < -0.39 is 0 Å². The van der Waals surface area contributed by atoms with E-state index in [1.165, 1.54) is 70.8 Å². The van der Waals surface area contributed by atoms with Crippen molar-refractivity contribution in [1.82, 2.24) is 4.57 Å². The largest absolute Gasteiger partial charge is 0.310 e. The number of para-hydroxylation sites is 2. The number of anilines is 3. The van der Waals surface area contributed by atoms with Crippen LogP contribution in [-0.4, -0.2) is 4.57 Å². The highest BCUT2D eigenvalue weighted by molar-refractivity contribution is 6.09. The molecular weight excluding hydrogens is 677 g/mol. The number of rotatable bonds is 6. The molecule has 56 heavy (non-hydrogen) atoms. The second-order valence-corrected chi connectivity index (χ2v) is 14.6. The average molecular weight is 713 g/mol. The first-order valence-corrected chi connectivity index (χ1v) is 19.3. The number of hydrogen-bond donors (Lipinski definition) is 0. The minimum atomic E-state index is 1.10. The summed E-state index contributed by atoms with van der Waals surface area (Å²) in [6.45, 7) is 0. The van der Waals surface area contributed by atoms with Gasteiger partial charge in [-0.25, -0.2) is 0 Å². The Bertz CT molecular complexity index is 3200. The lowest BCUT2D eigenvalue weighted by atomic mass is 9.94. The molecule has 11 rings (SSSR count). The van der Waals surface area contributed by atoms with Crippen LogP contribution in [0.4, 0.5) is 17.1 Å². The minimum Gasteiger partial charge on any atom is -0.310 e. The molecule has 0 aliphatic heterocycles. The fraction of sp³-hybridized carbons (Fsp3) is 0. The number of fused-ring (bicyclic) bond motifs is 6. The van der Waals surface area contributed by atoms with E-state index in [9.17, 15) is 0 Å². The summed E-state index contributed by atoms with van der Waals surface area (Å²) in [5.41, 5.74) is 11.7. The Morgan fingerprint density at radius 2 is 0.839 bits per heavy atom. The van der Waals surface area contributed by atoms with Gasteiger partial charge in [0.05, 0.1) is 16.7 Å². The lowest BCUT2D eigenvalue weighted by Gasteiger charge is -2.27. The molecule has 0 saturated carbocycles. The SMILES string of the molecule is c1ccc2cc(N(c3ccc(-c4cc(-c5cccc6ccccc56)cc(-n5c6ccccc6c6ccccc65)c4)cc3)c3cccc4ccccc34)ccc2c1. The third-order valence-corrected chi connectivity index (χ3v) is 11.3. The molecular formula is C54H36N2. The van der Waals surface area contributed by atoms with Gasteiger partial charge in [-0.1, -0.05) is 158 Å². The van der Waals surface area contributed by atoms with Crippen molar-refractivity contribution in [3.63, 3.8) is 0 Å². The van der Waals surface area contributed by atoms with Gasteiger partial charge in [-0.2, -0.15) is 0 Å². The Morgan fingerprint density at radius 3 is 1.57 bits per heavy atom. The second kappa shape index (κ2) is 13.2. The molecule has 0 unspecified atom stereocenters. The zero-order valence-electron chi connectivity index (χ0n) is 30.7. The van der Waals surface area contributed by atoms with Gasteiger partial charge in [-0.3, -0.25) is 0 Å². The smallest absolute Gasteiger partial charge is 0.0541 e. The number of aromatic nitrogens is 1. The summed E-state index contributed by atoms with van der Waals surface area (Å²) < 4.78 is 2.43. The Labute approximate surface area is 325 Å². The van der Waals surface area contributed by atoms with Crippen LogP contribution in [0.5, 0.6) is 0 Å². The highest BCUT2D eigenvalue weighted by Crippen LogP contribution is 2.42. The zero-order chi connectivity index (χ0) is 37.0. The summed E-state index contributed by atoms with van der Waals surface area (Å²) in [6.07, 6.45) is 0. The lowest BCUT2D eigenvalue weighted by Crippen LogP contribution is -2.10. The molecule has 2 heteroatoms. The van der Waals surface area contributed by atoms with E-state index in [2.05, 4.69) is 228 Å². The van der Waals surface area contributed by atoms with Gasteiger partial charge in [0.15, 0.2) is 0 Å². The third-order valence-electron chi connectivity index (χ3n) is 11.3. The van der Waals surface area contributed by atoms with Gasteiger partial charge >= 0.3 is 0 Å². The molecule has 10 aromatic carbocycles. The van der Waals surface area contributed by atoms with Crippen molar-refractivity contribution in [3.8, 4) is 27.9 Å².